The molecule has 32 nitrogen and oxygen atoms in total. The SMILES string of the molecule is CC(=O)N[C@@H]1[C@@H](O[C@@H]2O[C@H](C(=O)O)[C@@H](O)[C@H](O)[C@H]2O)[C@H](OS(=O)(=O)O)[C@@H](CO)O[C@@H]1O.CC(=O)N[C@@H]1[C@@H](O[C@@H]2O[C@H](C(=O)O)[C@@H](O)[C@H](O)[C@H]2O)[C@H](OS(=O)(=O)O)[C@@H](CO)O[C@@H]1O.[Na+]. The van der Waals surface area contributed by atoms with E-state index in [-0.39, 0.29) is 29.6 Å². The van der Waals surface area contributed by atoms with Crippen LogP contribution in [-0.4, -0.2) is 247 Å². The van der Waals surface area contributed by atoms with Gasteiger partial charge >= 0.3 is 62.3 Å². The Morgan fingerprint density at radius 1 is 0.524 bits per heavy atom. The van der Waals surface area contributed by atoms with Crippen molar-refractivity contribution in [1.82, 2.24) is 10.6 Å². The van der Waals surface area contributed by atoms with E-state index in [1.807, 2.05) is 0 Å². The van der Waals surface area contributed by atoms with Gasteiger partial charge in [-0.15, -0.1) is 0 Å². The van der Waals surface area contributed by atoms with Crippen molar-refractivity contribution in [3.05, 3.63) is 0 Å². The van der Waals surface area contributed by atoms with Gasteiger partial charge in [-0.25, -0.2) is 18.0 Å². The van der Waals surface area contributed by atoms with Gasteiger partial charge in [0.25, 0.3) is 0 Å². The van der Waals surface area contributed by atoms with E-state index in [1.165, 1.54) is 0 Å². The van der Waals surface area contributed by atoms with Gasteiger partial charge in [0.2, 0.25) is 11.8 Å². The number of aliphatic hydroxyl groups excluding tert-OH is 10. The molecular formula is C28H46N2NaO30S2+. The molecule has 0 aromatic heterocycles. The van der Waals surface area contributed by atoms with Crippen molar-refractivity contribution in [3.63, 3.8) is 0 Å². The molecular weight excluding hydrogens is 931 g/mol. The first-order valence-corrected chi connectivity index (χ1v) is 20.2. The van der Waals surface area contributed by atoms with Gasteiger partial charge in [0.1, 0.15) is 85.3 Å². The number of hydrogen-bond acceptors (Lipinski definition) is 26. The van der Waals surface area contributed by atoms with Gasteiger partial charge in [-0.05, 0) is 0 Å². The summed E-state index contributed by atoms with van der Waals surface area (Å²) < 4.78 is 103. The molecule has 4 heterocycles. The van der Waals surface area contributed by atoms with Gasteiger partial charge in [-0.2, -0.15) is 16.8 Å². The van der Waals surface area contributed by atoms with Crippen LogP contribution < -0.4 is 40.2 Å². The molecule has 0 spiro atoms. The van der Waals surface area contributed by atoms with Crippen LogP contribution in [0.1, 0.15) is 13.8 Å². The Bertz CT molecular complexity index is 1660. The molecule has 4 saturated heterocycles. The first-order valence-electron chi connectivity index (χ1n) is 17.4. The zero-order valence-corrected chi connectivity index (χ0v) is 36.2. The summed E-state index contributed by atoms with van der Waals surface area (Å²) in [5, 5.41) is 121. The molecule has 0 radical (unpaired) electrons. The molecule has 2 amide bonds. The third kappa shape index (κ3) is 15.0. The molecule has 0 bridgehead atoms. The van der Waals surface area contributed by atoms with Crippen LogP contribution in [0.3, 0.4) is 0 Å². The van der Waals surface area contributed by atoms with E-state index >= 15 is 0 Å². The van der Waals surface area contributed by atoms with Crippen LogP contribution in [0, 0.1) is 0 Å². The summed E-state index contributed by atoms with van der Waals surface area (Å²) in [4.78, 5) is 45.5. The molecule has 4 rings (SSSR count). The maximum Gasteiger partial charge on any atom is 1.00 e. The summed E-state index contributed by atoms with van der Waals surface area (Å²) >= 11 is 0. The summed E-state index contributed by atoms with van der Waals surface area (Å²) in [6.07, 6.45) is -35.5. The average molecular weight is 978 g/mol. The van der Waals surface area contributed by atoms with E-state index in [0.717, 1.165) is 13.8 Å². The largest absolute Gasteiger partial charge is 1.00 e. The molecule has 16 N–H and O–H groups in total. The van der Waals surface area contributed by atoms with Crippen LogP contribution in [0.15, 0.2) is 0 Å². The zero-order valence-electron chi connectivity index (χ0n) is 32.6. The summed E-state index contributed by atoms with van der Waals surface area (Å²) in [6, 6.07) is -3.29. The van der Waals surface area contributed by atoms with E-state index in [0.29, 0.717) is 0 Å². The first-order chi connectivity index (χ1) is 28.5. The Kier molecular flexibility index (Phi) is 21.4. The number of rotatable bonds is 14. The molecule has 0 aromatic rings. The third-order valence-electron chi connectivity index (χ3n) is 9.10. The molecule has 4 fully saturated rings. The van der Waals surface area contributed by atoms with Crippen LogP contribution in [0.4, 0.5) is 0 Å². The number of carboxylic acid groups (broad SMARTS) is 2. The second kappa shape index (κ2) is 23.6. The summed E-state index contributed by atoms with van der Waals surface area (Å²) in [6.45, 7) is 0.0638. The van der Waals surface area contributed by atoms with Gasteiger partial charge in [0, 0.05) is 13.8 Å². The Balaban J connectivity index is 0.000000427. The van der Waals surface area contributed by atoms with Crippen molar-refractivity contribution in [2.24, 2.45) is 0 Å². The van der Waals surface area contributed by atoms with Crippen molar-refractivity contribution in [1.29, 1.82) is 0 Å². The minimum atomic E-state index is -5.22. The number of amides is 2. The Labute approximate surface area is 376 Å². The summed E-state index contributed by atoms with van der Waals surface area (Å²) in [5.41, 5.74) is 0. The molecule has 360 valence electrons. The average Bonchev–Trinajstić information content (AvgIpc) is 3.14. The Morgan fingerprint density at radius 2 is 0.825 bits per heavy atom. The molecule has 0 aliphatic carbocycles. The van der Waals surface area contributed by atoms with Gasteiger partial charge < -0.3 is 100 Å². The fraction of sp³-hybridized carbons (Fsp3) is 0.857. The first kappa shape index (κ1) is 57.1. The molecule has 0 saturated carbocycles. The van der Waals surface area contributed by atoms with Crippen molar-refractivity contribution >= 4 is 44.6 Å². The van der Waals surface area contributed by atoms with Crippen LogP contribution in [0.25, 0.3) is 0 Å². The van der Waals surface area contributed by atoms with E-state index in [9.17, 15) is 87.1 Å². The van der Waals surface area contributed by atoms with Crippen LogP contribution in [-0.2, 0) is 76.8 Å². The number of hydrogen-bond donors (Lipinski definition) is 16. The number of carboxylic acids is 2. The maximum absolute atomic E-state index is 11.5. The summed E-state index contributed by atoms with van der Waals surface area (Å²) in [5.74, 6) is -5.04. The van der Waals surface area contributed by atoms with Gasteiger partial charge in [-0.3, -0.25) is 18.7 Å². The molecule has 4 aliphatic rings. The summed E-state index contributed by atoms with van der Waals surface area (Å²) in [7, 11) is -10.4. The monoisotopic (exact) mass is 977 g/mol. The molecule has 4 aliphatic heterocycles. The fourth-order valence-corrected chi connectivity index (χ4v) is 7.41. The smallest absolute Gasteiger partial charge is 0.479 e. The fourth-order valence-electron chi connectivity index (χ4n) is 6.39. The molecule has 0 aromatic carbocycles. The minimum absolute atomic E-state index is 0. The Hall–Kier alpha value is -2.02. The van der Waals surface area contributed by atoms with E-state index in [1.54, 1.807) is 0 Å². The zero-order chi connectivity index (χ0) is 47.3. The van der Waals surface area contributed by atoms with Crippen molar-refractivity contribution in [3.8, 4) is 0 Å². The minimum Gasteiger partial charge on any atom is -0.479 e. The predicted molar refractivity (Wildman–Crippen MR) is 182 cm³/mol. The van der Waals surface area contributed by atoms with Crippen LogP contribution in [0.2, 0.25) is 0 Å². The van der Waals surface area contributed by atoms with Crippen molar-refractivity contribution in [2.75, 3.05) is 13.2 Å². The maximum atomic E-state index is 11.5. The Morgan fingerprint density at radius 3 is 1.06 bits per heavy atom. The van der Waals surface area contributed by atoms with E-state index in [2.05, 4.69) is 19.0 Å². The molecule has 63 heavy (non-hydrogen) atoms. The topological polar surface area (TPSA) is 518 Å². The predicted octanol–water partition coefficient (Wildman–Crippen LogP) is -13.7. The molecule has 20 atom stereocenters. The van der Waals surface area contributed by atoms with Crippen LogP contribution in [0.5, 0.6) is 0 Å². The van der Waals surface area contributed by atoms with E-state index < -0.39 is 180 Å². The van der Waals surface area contributed by atoms with Gasteiger partial charge in [-0.1, -0.05) is 0 Å². The normalized spacial score (nSPS) is 40.9. The standard InChI is InChI=1S/2C14H23NO15S.Na/c2*1-3(17)15-5-10(9(30-31(24,25)26)4(2-16)27-13(5)23)28-14-8(20)6(18)7(19)11(29-14)12(21)22;/h2*4-11,13-14,16,18-20,23H,2H2,1H3,(H,15,17)(H,21,22)(H,24,25,26);/q;;+1/t2*4-,5-,6+,7+,8-,9-,10-,11+,13+,14-;/m11./s1. The van der Waals surface area contributed by atoms with Gasteiger partial charge in [0.15, 0.2) is 37.4 Å². The van der Waals surface area contributed by atoms with Crippen molar-refractivity contribution in [2.45, 2.75) is 137 Å². The number of carbonyl (C=O) groups excluding carboxylic acids is 2. The number of aliphatic carboxylic acids is 2. The quantitative estimate of drug-likeness (QED) is 0.0568. The van der Waals surface area contributed by atoms with E-state index in [4.69, 9.17) is 47.7 Å². The van der Waals surface area contributed by atoms with Crippen molar-refractivity contribution < 1.29 is 173 Å². The third-order valence-corrected chi connectivity index (χ3v) is 10.0. The molecule has 35 heteroatoms. The second-order valence-corrected chi connectivity index (χ2v) is 15.7. The number of ether oxygens (including phenoxy) is 6. The number of aliphatic hydroxyl groups is 10. The number of carbonyl (C=O) groups is 4. The molecule has 0 unspecified atom stereocenters. The van der Waals surface area contributed by atoms with Crippen LogP contribution >= 0.6 is 0 Å². The van der Waals surface area contributed by atoms with Gasteiger partial charge in [0.05, 0.1) is 13.2 Å². The number of nitrogens with one attached hydrogen (secondary N) is 2. The second-order valence-electron chi connectivity index (χ2n) is 13.6.